The standard InChI is InChI=1S/C30H42O2/c1-20(32-19-21-9-7-6-8-10-21)23-12-13-24-22-11-14-26-28(2,3)27(31)16-18-30(26,5)25(22)15-17-29(23,24)4/h6-10,13,20,23,26-27,31H,11-12,14-19H2,1-5H3/t20-,23-,26+,27+,29-,30-/m1/s1. The van der Waals surface area contributed by atoms with Gasteiger partial charge in [-0.05, 0) is 96.7 Å². The number of benzene rings is 1. The lowest BCUT2D eigenvalue weighted by molar-refractivity contribution is -0.0910. The molecule has 6 atom stereocenters. The van der Waals surface area contributed by atoms with Gasteiger partial charge in [0.1, 0.15) is 0 Å². The largest absolute Gasteiger partial charge is 0.393 e. The molecule has 0 bridgehead atoms. The van der Waals surface area contributed by atoms with Crippen LogP contribution in [0.15, 0.2) is 53.1 Å². The van der Waals surface area contributed by atoms with Crippen LogP contribution in [-0.4, -0.2) is 17.3 Å². The summed E-state index contributed by atoms with van der Waals surface area (Å²) in [5.41, 5.74) is 6.87. The van der Waals surface area contributed by atoms with Crippen molar-refractivity contribution in [2.24, 2.45) is 28.1 Å². The topological polar surface area (TPSA) is 29.5 Å². The first-order valence-corrected chi connectivity index (χ1v) is 12.9. The molecule has 1 saturated carbocycles. The quantitative estimate of drug-likeness (QED) is 0.541. The summed E-state index contributed by atoms with van der Waals surface area (Å²) >= 11 is 0. The molecule has 0 spiro atoms. The van der Waals surface area contributed by atoms with Gasteiger partial charge in [0.2, 0.25) is 0 Å². The molecule has 2 nitrogen and oxygen atoms in total. The lowest BCUT2D eigenvalue weighted by Gasteiger charge is -2.59. The Morgan fingerprint density at radius 2 is 1.75 bits per heavy atom. The van der Waals surface area contributed by atoms with E-state index < -0.39 is 0 Å². The van der Waals surface area contributed by atoms with Crippen LogP contribution in [0.2, 0.25) is 0 Å². The Bertz CT molecular complexity index is 925. The Balaban J connectivity index is 1.38. The second-order valence-electron chi connectivity index (χ2n) is 12.2. The number of allylic oxidation sites excluding steroid dienone is 4. The van der Waals surface area contributed by atoms with Crippen molar-refractivity contribution in [3.8, 4) is 0 Å². The van der Waals surface area contributed by atoms with E-state index in [4.69, 9.17) is 4.74 Å². The van der Waals surface area contributed by atoms with Crippen molar-refractivity contribution in [1.29, 1.82) is 0 Å². The molecule has 0 aromatic heterocycles. The van der Waals surface area contributed by atoms with Crippen molar-refractivity contribution >= 4 is 0 Å². The molecule has 0 aliphatic heterocycles. The van der Waals surface area contributed by atoms with Crippen molar-refractivity contribution in [3.05, 3.63) is 58.7 Å². The maximum atomic E-state index is 10.8. The van der Waals surface area contributed by atoms with Gasteiger partial charge in [-0.2, -0.15) is 0 Å². The molecule has 1 fully saturated rings. The van der Waals surface area contributed by atoms with Crippen LogP contribution in [-0.2, 0) is 11.3 Å². The molecule has 2 heteroatoms. The lowest BCUT2D eigenvalue weighted by atomic mass is 9.46. The summed E-state index contributed by atoms with van der Waals surface area (Å²) in [4.78, 5) is 0. The van der Waals surface area contributed by atoms with Crippen molar-refractivity contribution in [2.45, 2.75) is 98.4 Å². The van der Waals surface area contributed by atoms with Gasteiger partial charge in [-0.1, -0.05) is 69.7 Å². The molecule has 5 rings (SSSR count). The van der Waals surface area contributed by atoms with Gasteiger partial charge in [-0.25, -0.2) is 0 Å². The maximum absolute atomic E-state index is 10.8. The van der Waals surface area contributed by atoms with E-state index in [-0.39, 0.29) is 28.5 Å². The number of aliphatic hydroxyl groups excluding tert-OH is 1. The Kier molecular flexibility index (Phi) is 5.49. The fourth-order valence-corrected chi connectivity index (χ4v) is 8.34. The van der Waals surface area contributed by atoms with Crippen LogP contribution in [0, 0.1) is 28.1 Å². The molecule has 1 N–H and O–H groups in total. The summed E-state index contributed by atoms with van der Waals surface area (Å²) in [5, 5.41) is 10.8. The molecule has 0 radical (unpaired) electrons. The van der Waals surface area contributed by atoms with Gasteiger partial charge in [0.15, 0.2) is 0 Å². The second-order valence-corrected chi connectivity index (χ2v) is 12.2. The first kappa shape index (κ1) is 22.4. The smallest absolute Gasteiger partial charge is 0.0720 e. The van der Waals surface area contributed by atoms with Crippen LogP contribution >= 0.6 is 0 Å². The molecular weight excluding hydrogens is 392 g/mol. The fourth-order valence-electron chi connectivity index (χ4n) is 8.34. The van der Waals surface area contributed by atoms with Crippen molar-refractivity contribution in [3.63, 3.8) is 0 Å². The van der Waals surface area contributed by atoms with Crippen molar-refractivity contribution < 1.29 is 9.84 Å². The van der Waals surface area contributed by atoms with E-state index in [9.17, 15) is 5.11 Å². The Morgan fingerprint density at radius 3 is 2.50 bits per heavy atom. The summed E-state index contributed by atoms with van der Waals surface area (Å²) in [6.45, 7) is 12.7. The molecule has 174 valence electrons. The molecule has 1 aromatic carbocycles. The van der Waals surface area contributed by atoms with Gasteiger partial charge in [-0.15, -0.1) is 0 Å². The van der Waals surface area contributed by atoms with Crippen LogP contribution in [0.5, 0.6) is 0 Å². The summed E-state index contributed by atoms with van der Waals surface area (Å²) in [5.74, 6) is 1.15. The van der Waals surface area contributed by atoms with E-state index in [1.165, 1.54) is 31.2 Å². The predicted octanol–water partition coefficient (Wildman–Crippen LogP) is 7.23. The Labute approximate surface area is 195 Å². The average Bonchev–Trinajstić information content (AvgIpc) is 3.13. The van der Waals surface area contributed by atoms with Gasteiger partial charge in [0.05, 0.1) is 18.8 Å². The van der Waals surface area contributed by atoms with Crippen LogP contribution in [0.25, 0.3) is 0 Å². The molecule has 32 heavy (non-hydrogen) atoms. The predicted molar refractivity (Wildman–Crippen MR) is 131 cm³/mol. The number of rotatable bonds is 4. The minimum absolute atomic E-state index is 0.0126. The minimum Gasteiger partial charge on any atom is -0.393 e. The van der Waals surface area contributed by atoms with Crippen LogP contribution in [0.1, 0.15) is 85.1 Å². The monoisotopic (exact) mass is 434 g/mol. The third-order valence-electron chi connectivity index (χ3n) is 10.4. The van der Waals surface area contributed by atoms with Crippen LogP contribution in [0.4, 0.5) is 0 Å². The average molecular weight is 435 g/mol. The van der Waals surface area contributed by atoms with E-state index >= 15 is 0 Å². The normalized spacial score (nSPS) is 39.1. The zero-order valence-electron chi connectivity index (χ0n) is 20.8. The SMILES string of the molecule is C[C@@H](OCc1ccccc1)[C@H]1CC=C2C3=C(CC[C@@]21C)[C@@]1(C)CC[C@H](O)C(C)(C)[C@@H]1CC3. The highest BCUT2D eigenvalue weighted by atomic mass is 16.5. The van der Waals surface area contributed by atoms with Crippen molar-refractivity contribution in [2.75, 3.05) is 0 Å². The number of hydrogen-bond acceptors (Lipinski definition) is 2. The van der Waals surface area contributed by atoms with E-state index in [1.54, 1.807) is 16.7 Å². The first-order valence-electron chi connectivity index (χ1n) is 12.9. The Morgan fingerprint density at radius 1 is 1.00 bits per heavy atom. The minimum atomic E-state index is -0.158. The van der Waals surface area contributed by atoms with Gasteiger partial charge >= 0.3 is 0 Å². The van der Waals surface area contributed by atoms with Gasteiger partial charge in [-0.3, -0.25) is 0 Å². The second kappa shape index (κ2) is 7.84. The van der Waals surface area contributed by atoms with E-state index in [0.717, 1.165) is 19.3 Å². The highest BCUT2D eigenvalue weighted by Gasteiger charge is 2.57. The summed E-state index contributed by atoms with van der Waals surface area (Å²) in [6, 6.07) is 10.6. The number of ether oxygens (including phenoxy) is 1. The molecule has 4 aliphatic rings. The first-order chi connectivity index (χ1) is 15.2. The third kappa shape index (κ3) is 3.28. The van der Waals surface area contributed by atoms with Crippen LogP contribution in [0.3, 0.4) is 0 Å². The molecule has 0 unspecified atom stereocenters. The van der Waals surface area contributed by atoms with E-state index in [1.807, 2.05) is 0 Å². The Hall–Kier alpha value is -1.38. The summed E-state index contributed by atoms with van der Waals surface area (Å²) in [7, 11) is 0. The molecule has 0 heterocycles. The zero-order valence-corrected chi connectivity index (χ0v) is 20.8. The number of fused-ring (bicyclic) bond motifs is 4. The molecule has 0 amide bonds. The third-order valence-corrected chi connectivity index (χ3v) is 10.4. The highest BCUT2D eigenvalue weighted by Crippen LogP contribution is 2.66. The van der Waals surface area contributed by atoms with Gasteiger partial charge in [0.25, 0.3) is 0 Å². The molecule has 1 aromatic rings. The van der Waals surface area contributed by atoms with E-state index in [0.29, 0.717) is 18.4 Å². The number of aliphatic hydroxyl groups is 1. The van der Waals surface area contributed by atoms with Gasteiger partial charge in [0, 0.05) is 0 Å². The van der Waals surface area contributed by atoms with Gasteiger partial charge < -0.3 is 9.84 Å². The van der Waals surface area contributed by atoms with Crippen molar-refractivity contribution in [1.82, 2.24) is 0 Å². The highest BCUT2D eigenvalue weighted by molar-refractivity contribution is 5.50. The summed E-state index contributed by atoms with van der Waals surface area (Å²) < 4.78 is 6.43. The molecular formula is C30H42O2. The maximum Gasteiger partial charge on any atom is 0.0720 e. The number of hydrogen-bond donors (Lipinski definition) is 1. The zero-order chi connectivity index (χ0) is 22.7. The van der Waals surface area contributed by atoms with Crippen LogP contribution < -0.4 is 0 Å². The molecule has 4 aliphatic carbocycles. The lowest BCUT2D eigenvalue weighted by Crippen LogP contribution is -2.53. The summed E-state index contributed by atoms with van der Waals surface area (Å²) in [6.07, 6.45) is 10.8. The fraction of sp³-hybridized carbons (Fsp3) is 0.667. The van der Waals surface area contributed by atoms with E-state index in [2.05, 4.69) is 71.0 Å². The molecule has 0 saturated heterocycles.